The number of unbranched alkanes of at least 4 members (excludes halogenated alkanes) is 2. The number of ether oxygens (including phenoxy) is 2. The summed E-state index contributed by atoms with van der Waals surface area (Å²) >= 11 is 0. The van der Waals surface area contributed by atoms with Crippen LogP contribution in [0.2, 0.25) is 0 Å². The Morgan fingerprint density at radius 2 is 1.36 bits per heavy atom. The van der Waals surface area contributed by atoms with Crippen LogP contribution < -0.4 is 31.1 Å². The minimum Gasteiger partial charge on any atom is -0.506 e. The van der Waals surface area contributed by atoms with Crippen LogP contribution in [0.15, 0.2) is 151 Å². The van der Waals surface area contributed by atoms with Gasteiger partial charge in [0, 0.05) is 46.3 Å². The second-order valence-electron chi connectivity index (χ2n) is 20.1. The van der Waals surface area contributed by atoms with Crippen molar-refractivity contribution in [1.82, 2.24) is 0 Å². The minimum atomic E-state index is -4.06. The maximum atomic E-state index is 15.0. The van der Waals surface area contributed by atoms with Gasteiger partial charge in [0.25, 0.3) is 20.2 Å². The molecular weight excluding hydrogens is 987 g/mol. The minimum absolute atomic E-state index is 0.122. The molecule has 75 heavy (non-hydrogen) atoms. The molecule has 3 atom stereocenters. The van der Waals surface area contributed by atoms with E-state index in [0.29, 0.717) is 53.3 Å². The number of allylic oxidation sites excluding steroid dienone is 4. The second-order valence-corrected chi connectivity index (χ2v) is 23.2. The van der Waals surface area contributed by atoms with Gasteiger partial charge in [0.1, 0.15) is 11.5 Å². The van der Waals surface area contributed by atoms with Gasteiger partial charge in [-0.25, -0.2) is 0 Å². The van der Waals surface area contributed by atoms with Crippen LogP contribution in [0.1, 0.15) is 66.8 Å². The lowest BCUT2D eigenvalue weighted by Gasteiger charge is -2.43. The number of aliphatic hydroxyl groups is 1. The van der Waals surface area contributed by atoms with Crippen molar-refractivity contribution in [2.75, 3.05) is 40.7 Å². The Bertz CT molecular complexity index is 4070. The van der Waals surface area contributed by atoms with Gasteiger partial charge in [-0.2, -0.15) is 16.8 Å². The molecule has 7 aromatic carbocycles. The number of Topliss-reactive ketones (excluding diaryl/α,β-unsaturated/α-hetero) is 1. The van der Waals surface area contributed by atoms with E-state index < -0.39 is 31.4 Å². The molecule has 0 saturated carbocycles. The summed E-state index contributed by atoms with van der Waals surface area (Å²) in [6, 6.07) is 42.1. The van der Waals surface area contributed by atoms with E-state index in [4.69, 9.17) is 9.47 Å². The fourth-order valence-electron chi connectivity index (χ4n) is 12.0. The summed E-state index contributed by atoms with van der Waals surface area (Å²) in [5.41, 5.74) is 9.83. The van der Waals surface area contributed by atoms with E-state index >= 15 is 0 Å². The molecule has 12 rings (SSSR count). The lowest BCUT2D eigenvalue weighted by Crippen LogP contribution is -2.47. The number of anilines is 3. The van der Waals surface area contributed by atoms with Crippen molar-refractivity contribution in [2.24, 2.45) is 0 Å². The molecule has 1 aliphatic heterocycles. The van der Waals surface area contributed by atoms with Crippen molar-refractivity contribution in [3.63, 3.8) is 0 Å². The molecular formula is C60H53N3O10S2. The van der Waals surface area contributed by atoms with Gasteiger partial charge >= 0.3 is 0 Å². The van der Waals surface area contributed by atoms with Crippen LogP contribution in [0.4, 0.5) is 17.1 Å². The summed E-state index contributed by atoms with van der Waals surface area (Å²) in [5.74, 6) is -0.453. The van der Waals surface area contributed by atoms with Crippen LogP contribution in [-0.2, 0) is 41.0 Å². The van der Waals surface area contributed by atoms with Gasteiger partial charge in [-0.15, -0.1) is 0 Å². The fraction of sp³-hybridized carbons (Fsp3) is 0.217. The lowest BCUT2D eigenvalue weighted by atomic mass is 9.79. The van der Waals surface area contributed by atoms with Crippen molar-refractivity contribution >= 4 is 87.9 Å². The molecule has 0 fully saturated rings. The molecule has 3 unspecified atom stereocenters. The molecule has 0 radical (unpaired) electrons. The Morgan fingerprint density at radius 1 is 0.693 bits per heavy atom. The molecule has 0 aromatic heterocycles. The van der Waals surface area contributed by atoms with Crippen molar-refractivity contribution in [3.8, 4) is 16.9 Å². The maximum Gasteiger partial charge on any atom is 0.264 e. The molecule has 1 spiro atoms. The van der Waals surface area contributed by atoms with Gasteiger partial charge in [0.05, 0.1) is 46.6 Å². The van der Waals surface area contributed by atoms with E-state index in [1.807, 2.05) is 109 Å². The predicted molar refractivity (Wildman–Crippen MR) is 295 cm³/mol. The third kappa shape index (κ3) is 8.21. The number of carbonyl (C=O) groups excluding carboxylic acids is 1. The summed E-state index contributed by atoms with van der Waals surface area (Å²) in [7, 11) is -8.11. The third-order valence-electron chi connectivity index (χ3n) is 15.4. The van der Waals surface area contributed by atoms with Crippen LogP contribution in [0.5, 0.6) is 5.75 Å². The van der Waals surface area contributed by atoms with Crippen molar-refractivity contribution in [1.29, 1.82) is 0 Å². The Hall–Kier alpha value is -7.53. The summed E-state index contributed by atoms with van der Waals surface area (Å²) < 4.78 is 76.0. The van der Waals surface area contributed by atoms with E-state index in [1.54, 1.807) is 0 Å². The molecule has 1 heterocycles. The highest BCUT2D eigenvalue weighted by Crippen LogP contribution is 2.56. The average molecular weight is 1040 g/mol. The molecule has 0 saturated heterocycles. The van der Waals surface area contributed by atoms with Gasteiger partial charge in [-0.3, -0.25) is 13.9 Å². The van der Waals surface area contributed by atoms with Gasteiger partial charge in [-0.1, -0.05) is 122 Å². The normalized spacial score (nSPS) is 20.9. The highest BCUT2D eigenvalue weighted by atomic mass is 32.2. The van der Waals surface area contributed by atoms with Gasteiger partial charge in [-0.05, 0) is 117 Å². The van der Waals surface area contributed by atoms with E-state index in [9.17, 15) is 35.8 Å². The van der Waals surface area contributed by atoms with Gasteiger partial charge in [0.2, 0.25) is 5.78 Å². The molecule has 13 nitrogen and oxygen atoms in total. The smallest absolute Gasteiger partial charge is 0.264 e. The van der Waals surface area contributed by atoms with Crippen LogP contribution in [0, 0.1) is 0 Å². The SMILES string of the molecule is C=c1/c(=C2/C(=O)C(c3ccc4cccc5c4c3NC3(N5)C4=C(C=CC(OCCCCS(=O)(=O)O)C4)c4ccccc43)=C2O)ccc2cccc(NC3(C)c4ccccc4-c4ccc(OCCCCS(=O)(=O)O)cc43)c12. The van der Waals surface area contributed by atoms with Crippen LogP contribution >= 0.6 is 0 Å². The number of carbonyl (C=O) groups is 1. The zero-order valence-electron chi connectivity index (χ0n) is 40.9. The van der Waals surface area contributed by atoms with Crippen molar-refractivity contribution in [2.45, 2.75) is 56.3 Å². The number of nitrogens with one attached hydrogen (secondary N) is 3. The zero-order valence-corrected chi connectivity index (χ0v) is 42.6. The second kappa shape index (κ2) is 18.1. The van der Waals surface area contributed by atoms with Crippen LogP contribution in [0.25, 0.3) is 56.0 Å². The third-order valence-corrected chi connectivity index (χ3v) is 17.1. The average Bonchev–Trinajstić information content (AvgIpc) is 3.89. The monoisotopic (exact) mass is 1040 g/mol. The molecule has 4 aliphatic carbocycles. The van der Waals surface area contributed by atoms with E-state index in [0.717, 1.165) is 77.4 Å². The first-order valence-corrected chi connectivity index (χ1v) is 28.3. The zero-order chi connectivity index (χ0) is 52.0. The maximum absolute atomic E-state index is 15.0. The summed E-state index contributed by atoms with van der Waals surface area (Å²) in [4.78, 5) is 15.0. The molecule has 7 aromatic rings. The van der Waals surface area contributed by atoms with E-state index in [2.05, 4.69) is 59.8 Å². The number of rotatable bonds is 15. The Morgan fingerprint density at radius 3 is 2.12 bits per heavy atom. The van der Waals surface area contributed by atoms with E-state index in [1.165, 1.54) is 0 Å². The fourth-order valence-corrected chi connectivity index (χ4v) is 13.1. The van der Waals surface area contributed by atoms with Crippen molar-refractivity contribution < 1.29 is 45.3 Å². The summed E-state index contributed by atoms with van der Waals surface area (Å²) in [5, 5.41) is 28.6. The number of fused-ring (bicyclic) bond motifs is 8. The lowest BCUT2D eigenvalue weighted by molar-refractivity contribution is -0.109. The first-order chi connectivity index (χ1) is 36.0. The highest BCUT2D eigenvalue weighted by molar-refractivity contribution is 7.86. The molecule has 380 valence electrons. The summed E-state index contributed by atoms with van der Waals surface area (Å²) in [6.07, 6.45) is 5.77. The standard InChI is InChI=1S/C60H53N3O10S2/c1-35-40(25-21-36-13-11-19-50(52(35)36)61-59(2)46-17-5-3-15-41(46)43-27-23-38(33-48(43)59)72-29-7-9-31-74(66,67)68)54-57(64)55(58(54)65)45-26-22-37-14-12-20-51-53(37)56(45)63-60(62-51)47-18-6-4-16-42(47)44-28-24-39(34-49(44)60)73-30-8-10-32-75(69,70)71/h3-6,11-28,33,39,61-64H,1,7-10,29-32,34H2,2H3,(H,66,67,68)(H,69,70,71)/b54-40+. The molecule has 0 bridgehead atoms. The van der Waals surface area contributed by atoms with E-state index in [-0.39, 0.29) is 59.7 Å². The molecule has 6 N–H and O–H groups in total. The number of ketones is 1. The number of aliphatic hydroxyl groups excluding tert-OH is 1. The number of hydrogen-bond donors (Lipinski definition) is 6. The molecule has 15 heteroatoms. The van der Waals surface area contributed by atoms with Crippen molar-refractivity contribution in [3.05, 3.63) is 189 Å². The molecule has 0 amide bonds. The Balaban J connectivity index is 0.903. The topological polar surface area (TPSA) is 201 Å². The van der Waals surface area contributed by atoms with Crippen LogP contribution in [0.3, 0.4) is 0 Å². The van der Waals surface area contributed by atoms with Crippen LogP contribution in [-0.4, -0.2) is 67.7 Å². The van der Waals surface area contributed by atoms with Gasteiger partial charge < -0.3 is 30.5 Å². The quantitative estimate of drug-likeness (QED) is 0.0419. The highest BCUT2D eigenvalue weighted by Gasteiger charge is 2.50. The predicted octanol–water partition coefficient (Wildman–Crippen LogP) is 9.98. The molecule has 5 aliphatic rings. The first-order valence-electron chi connectivity index (χ1n) is 25.1. The summed E-state index contributed by atoms with van der Waals surface area (Å²) in [6.45, 7) is 7.30. The number of benzene rings is 7. The largest absolute Gasteiger partial charge is 0.506 e. The number of hydrogen-bond acceptors (Lipinski definition) is 11. The Labute approximate surface area is 434 Å². The first kappa shape index (κ1) is 48.4. The Kier molecular flexibility index (Phi) is 11.7. The van der Waals surface area contributed by atoms with Gasteiger partial charge in [0.15, 0.2) is 5.66 Å².